The number of benzene rings is 1. The first-order valence-corrected chi connectivity index (χ1v) is 7.03. The second kappa shape index (κ2) is 10.6. The second-order valence-electron chi connectivity index (χ2n) is 5.16. The van der Waals surface area contributed by atoms with Gasteiger partial charge in [-0.2, -0.15) is 0 Å². The smallest absolute Gasteiger partial charge is 0.0539 e. The van der Waals surface area contributed by atoms with Crippen LogP contribution in [0, 0.1) is 19.9 Å². The molecule has 1 aromatic heterocycles. The van der Waals surface area contributed by atoms with Crippen LogP contribution in [-0.2, 0) is 21.1 Å². The van der Waals surface area contributed by atoms with Crippen LogP contribution in [0.3, 0.4) is 0 Å². The molecule has 22 heavy (non-hydrogen) atoms. The molecule has 1 aromatic carbocycles. The average Bonchev–Trinajstić information content (AvgIpc) is 2.38. The van der Waals surface area contributed by atoms with Crippen molar-refractivity contribution in [1.82, 2.24) is 9.97 Å². The van der Waals surface area contributed by atoms with E-state index in [0.29, 0.717) is 6.42 Å². The first-order valence-electron chi connectivity index (χ1n) is 7.03. The van der Waals surface area contributed by atoms with E-state index in [-0.39, 0.29) is 33.3 Å². The zero-order valence-corrected chi connectivity index (χ0v) is 15.6. The molecule has 2 atom stereocenters. The summed E-state index contributed by atoms with van der Waals surface area (Å²) in [5.74, 6) is 0. The fourth-order valence-electron chi connectivity index (χ4n) is 1.90. The summed E-state index contributed by atoms with van der Waals surface area (Å²) in [7, 11) is 0. The number of rotatable bonds is 3. The summed E-state index contributed by atoms with van der Waals surface area (Å²) in [4.78, 5) is 8.72. The van der Waals surface area contributed by atoms with Crippen LogP contribution < -0.4 is 0 Å². The molecule has 0 spiro atoms. The second-order valence-corrected chi connectivity index (χ2v) is 5.16. The van der Waals surface area contributed by atoms with Crippen molar-refractivity contribution in [2.75, 3.05) is 0 Å². The molecule has 2 rings (SSSR count). The Labute approximate surface area is 146 Å². The average molecular weight is 482 g/mol. The standard InChI is InChI=1S/C12H11N2.C5H12O2.Pt/c1-9-8-13-12(10(2)14-9)11-6-4-3-5-7-11;1-4(6)3-5(2)7;/h3-6,8H,1-2H3;4-7H,3H2,1-2H3;/q-1;;. The van der Waals surface area contributed by atoms with Crippen LogP contribution in [0.1, 0.15) is 31.7 Å². The predicted octanol–water partition coefficient (Wildman–Crippen LogP) is 2.70. The van der Waals surface area contributed by atoms with Crippen LogP contribution in [0.4, 0.5) is 0 Å². The van der Waals surface area contributed by atoms with Gasteiger partial charge in [0, 0.05) is 38.6 Å². The molecule has 0 radical (unpaired) electrons. The molecule has 2 aromatic rings. The minimum atomic E-state index is -0.375. The number of aliphatic hydroxyl groups is 2. The van der Waals surface area contributed by atoms with Gasteiger partial charge in [-0.05, 0) is 34.1 Å². The summed E-state index contributed by atoms with van der Waals surface area (Å²) in [5.41, 5.74) is 3.81. The normalized spacial score (nSPS) is 12.5. The summed E-state index contributed by atoms with van der Waals surface area (Å²) in [5, 5.41) is 17.1. The first-order chi connectivity index (χ1) is 9.90. The van der Waals surface area contributed by atoms with Crippen LogP contribution in [0.5, 0.6) is 0 Å². The Hall–Kier alpha value is -1.09. The fraction of sp³-hybridized carbons (Fsp3) is 0.412. The van der Waals surface area contributed by atoms with Crippen LogP contribution >= 0.6 is 0 Å². The number of aliphatic hydroxyl groups excluding tert-OH is 2. The van der Waals surface area contributed by atoms with Crippen molar-refractivity contribution in [3.63, 3.8) is 0 Å². The van der Waals surface area contributed by atoms with Crippen LogP contribution in [-0.4, -0.2) is 32.4 Å². The molecule has 0 aliphatic carbocycles. The molecule has 0 bridgehead atoms. The van der Waals surface area contributed by atoms with E-state index in [1.807, 2.05) is 38.1 Å². The van der Waals surface area contributed by atoms with Gasteiger partial charge in [-0.15, -0.1) is 35.9 Å². The van der Waals surface area contributed by atoms with E-state index in [0.717, 1.165) is 22.6 Å². The van der Waals surface area contributed by atoms with Crippen LogP contribution in [0.15, 0.2) is 30.5 Å². The van der Waals surface area contributed by atoms with E-state index in [1.165, 1.54) is 0 Å². The summed E-state index contributed by atoms with van der Waals surface area (Å²) >= 11 is 0. The Kier molecular flexibility index (Phi) is 10.1. The number of hydrogen-bond donors (Lipinski definition) is 2. The molecular formula is C17H23N2O2Pt-. The molecule has 0 fully saturated rings. The molecule has 0 aliphatic rings. The molecule has 5 heteroatoms. The maximum Gasteiger partial charge on any atom is 0.0539 e. The summed E-state index contributed by atoms with van der Waals surface area (Å²) in [6.07, 6.45) is 1.50. The van der Waals surface area contributed by atoms with Crippen LogP contribution in [0.25, 0.3) is 11.3 Å². The number of hydrogen-bond acceptors (Lipinski definition) is 4. The maximum atomic E-state index is 8.56. The molecule has 4 nitrogen and oxygen atoms in total. The Bertz CT molecular complexity index is 540. The van der Waals surface area contributed by atoms with Gasteiger partial charge in [-0.25, -0.2) is 0 Å². The van der Waals surface area contributed by atoms with Crippen molar-refractivity contribution in [3.05, 3.63) is 47.9 Å². The van der Waals surface area contributed by atoms with E-state index >= 15 is 0 Å². The summed E-state index contributed by atoms with van der Waals surface area (Å²) < 4.78 is 0. The zero-order valence-electron chi connectivity index (χ0n) is 13.4. The minimum Gasteiger partial charge on any atom is -0.393 e. The first kappa shape index (κ1) is 20.9. The van der Waals surface area contributed by atoms with Gasteiger partial charge in [0.25, 0.3) is 0 Å². The van der Waals surface area contributed by atoms with Gasteiger partial charge < -0.3 is 15.2 Å². The van der Waals surface area contributed by atoms with Gasteiger partial charge in [-0.3, -0.25) is 4.98 Å². The van der Waals surface area contributed by atoms with E-state index in [1.54, 1.807) is 20.0 Å². The Morgan fingerprint density at radius 3 is 2.18 bits per heavy atom. The zero-order chi connectivity index (χ0) is 15.8. The van der Waals surface area contributed by atoms with Gasteiger partial charge in [0.05, 0.1) is 17.9 Å². The topological polar surface area (TPSA) is 66.2 Å². The van der Waals surface area contributed by atoms with E-state index in [9.17, 15) is 0 Å². The quantitative estimate of drug-likeness (QED) is 0.661. The monoisotopic (exact) mass is 482 g/mol. The van der Waals surface area contributed by atoms with E-state index in [4.69, 9.17) is 10.2 Å². The third kappa shape index (κ3) is 7.79. The van der Waals surface area contributed by atoms with Crippen molar-refractivity contribution in [2.45, 2.75) is 46.3 Å². The van der Waals surface area contributed by atoms with Gasteiger partial charge >= 0.3 is 0 Å². The number of nitrogens with zero attached hydrogens (tertiary/aromatic N) is 2. The number of aryl methyl sites for hydroxylation is 2. The third-order valence-corrected chi connectivity index (χ3v) is 2.71. The molecule has 0 aliphatic heterocycles. The van der Waals surface area contributed by atoms with Crippen molar-refractivity contribution in [3.8, 4) is 11.3 Å². The molecule has 0 saturated heterocycles. The van der Waals surface area contributed by atoms with Crippen molar-refractivity contribution < 1.29 is 31.3 Å². The molecule has 1 heterocycles. The van der Waals surface area contributed by atoms with Crippen molar-refractivity contribution in [2.24, 2.45) is 0 Å². The Morgan fingerprint density at radius 2 is 1.77 bits per heavy atom. The molecule has 2 N–H and O–H groups in total. The van der Waals surface area contributed by atoms with Gasteiger partial charge in [-0.1, -0.05) is 0 Å². The van der Waals surface area contributed by atoms with Gasteiger partial charge in [0.1, 0.15) is 0 Å². The largest absolute Gasteiger partial charge is 0.393 e. The van der Waals surface area contributed by atoms with E-state index in [2.05, 4.69) is 16.0 Å². The molecule has 0 saturated carbocycles. The summed E-state index contributed by atoms with van der Waals surface area (Å²) in [6.45, 7) is 7.23. The molecular weight excluding hydrogens is 459 g/mol. The fourth-order valence-corrected chi connectivity index (χ4v) is 1.90. The number of aromatic nitrogens is 2. The van der Waals surface area contributed by atoms with Crippen molar-refractivity contribution in [1.29, 1.82) is 0 Å². The Morgan fingerprint density at radius 1 is 1.14 bits per heavy atom. The molecule has 2 unspecified atom stereocenters. The minimum absolute atomic E-state index is 0. The van der Waals surface area contributed by atoms with Gasteiger partial charge in [0.15, 0.2) is 0 Å². The maximum absolute atomic E-state index is 8.56. The Balaban J connectivity index is 0.000000478. The third-order valence-electron chi connectivity index (χ3n) is 2.71. The predicted molar refractivity (Wildman–Crippen MR) is 83.8 cm³/mol. The van der Waals surface area contributed by atoms with Gasteiger partial charge in [0.2, 0.25) is 0 Å². The molecule has 0 amide bonds. The van der Waals surface area contributed by atoms with Crippen molar-refractivity contribution >= 4 is 0 Å². The summed E-state index contributed by atoms with van der Waals surface area (Å²) in [6, 6.07) is 10.9. The SMILES string of the molecule is CC(O)CC(C)O.Cc1cnc(-c2[c-]cccc2)c(C)n1.[Pt]. The molecule has 124 valence electrons. The van der Waals surface area contributed by atoms with E-state index < -0.39 is 0 Å². The van der Waals surface area contributed by atoms with Crippen LogP contribution in [0.2, 0.25) is 0 Å².